The van der Waals surface area contributed by atoms with Gasteiger partial charge in [-0.2, -0.15) is 0 Å². The van der Waals surface area contributed by atoms with Gasteiger partial charge in [-0.05, 0) is 43.7 Å². The second kappa shape index (κ2) is 8.72. The Kier molecular flexibility index (Phi) is 5.65. The highest BCUT2D eigenvalue weighted by molar-refractivity contribution is 7.99. The van der Waals surface area contributed by atoms with E-state index in [2.05, 4.69) is 85.5 Å². The molecule has 0 bridgehead atoms. The van der Waals surface area contributed by atoms with Gasteiger partial charge in [0.2, 0.25) is 5.95 Å². The molecule has 3 heterocycles. The minimum Gasteiger partial charge on any atom is -0.378 e. The van der Waals surface area contributed by atoms with E-state index in [0.717, 1.165) is 66.7 Å². The molecule has 1 saturated heterocycles. The van der Waals surface area contributed by atoms with Gasteiger partial charge in [0, 0.05) is 25.4 Å². The van der Waals surface area contributed by atoms with E-state index in [1.165, 1.54) is 11.1 Å². The second-order valence-corrected chi connectivity index (χ2v) is 8.77. The third-order valence-electron chi connectivity index (χ3n) is 5.56. The molecule has 2 aromatic heterocycles. The SMILES string of the molecule is Cc1cccc(-n2c(SCCn3c(C)nc4ccccc43)nnc2N2CCOCC2)c1. The van der Waals surface area contributed by atoms with Crippen LogP contribution >= 0.6 is 11.8 Å². The minimum absolute atomic E-state index is 0.718. The van der Waals surface area contributed by atoms with Crippen LogP contribution in [0.15, 0.2) is 53.7 Å². The predicted octanol–water partition coefficient (Wildman–Crippen LogP) is 3.86. The van der Waals surface area contributed by atoms with Crippen molar-refractivity contribution in [2.24, 2.45) is 0 Å². The van der Waals surface area contributed by atoms with Crippen molar-refractivity contribution in [3.8, 4) is 5.69 Å². The summed E-state index contributed by atoms with van der Waals surface area (Å²) in [6.07, 6.45) is 0. The molecule has 0 spiro atoms. The molecule has 7 nitrogen and oxygen atoms in total. The number of hydrogen-bond acceptors (Lipinski definition) is 6. The van der Waals surface area contributed by atoms with Crippen LogP contribution < -0.4 is 4.90 Å². The molecule has 5 rings (SSSR count). The molecular weight excluding hydrogens is 408 g/mol. The van der Waals surface area contributed by atoms with E-state index in [0.29, 0.717) is 0 Å². The zero-order valence-corrected chi connectivity index (χ0v) is 18.7. The molecule has 0 N–H and O–H groups in total. The topological polar surface area (TPSA) is 61.0 Å². The van der Waals surface area contributed by atoms with Gasteiger partial charge in [0.1, 0.15) is 5.82 Å². The minimum atomic E-state index is 0.718. The molecule has 8 heteroatoms. The number of thioether (sulfide) groups is 1. The highest BCUT2D eigenvalue weighted by Gasteiger charge is 2.22. The standard InChI is InChI=1S/C23H26N6OS/c1-17-6-5-7-19(16-17)29-22(27-10-13-30-14-11-27)25-26-23(29)31-15-12-28-18(2)24-20-8-3-4-9-21(20)28/h3-9,16H,10-15H2,1-2H3. The summed E-state index contributed by atoms with van der Waals surface area (Å²) in [5.41, 5.74) is 4.53. The number of aryl methyl sites for hydroxylation is 3. The Morgan fingerprint density at radius 2 is 1.84 bits per heavy atom. The van der Waals surface area contributed by atoms with Gasteiger partial charge in [-0.3, -0.25) is 4.57 Å². The molecule has 1 fully saturated rings. The molecule has 0 radical (unpaired) electrons. The van der Waals surface area contributed by atoms with E-state index in [4.69, 9.17) is 4.74 Å². The molecule has 0 saturated carbocycles. The molecule has 160 valence electrons. The van der Waals surface area contributed by atoms with Gasteiger partial charge in [-0.25, -0.2) is 4.98 Å². The van der Waals surface area contributed by atoms with Crippen LogP contribution in [0.5, 0.6) is 0 Å². The van der Waals surface area contributed by atoms with E-state index in [1.54, 1.807) is 11.8 Å². The smallest absolute Gasteiger partial charge is 0.232 e. The van der Waals surface area contributed by atoms with Gasteiger partial charge in [0.05, 0.1) is 29.9 Å². The van der Waals surface area contributed by atoms with Crippen LogP contribution in [0.4, 0.5) is 5.95 Å². The quantitative estimate of drug-likeness (QED) is 0.430. The lowest BCUT2D eigenvalue weighted by Gasteiger charge is -2.28. The van der Waals surface area contributed by atoms with Gasteiger partial charge < -0.3 is 14.2 Å². The molecule has 1 aliphatic rings. The fourth-order valence-corrected chi connectivity index (χ4v) is 4.89. The number of ether oxygens (including phenoxy) is 1. The van der Waals surface area contributed by atoms with Crippen LogP contribution in [-0.2, 0) is 11.3 Å². The van der Waals surface area contributed by atoms with Crippen LogP contribution in [-0.4, -0.2) is 56.4 Å². The van der Waals surface area contributed by atoms with Crippen molar-refractivity contribution in [1.29, 1.82) is 0 Å². The first-order chi connectivity index (χ1) is 15.2. The van der Waals surface area contributed by atoms with E-state index >= 15 is 0 Å². The normalized spacial score (nSPS) is 14.5. The molecule has 0 aliphatic carbocycles. The maximum Gasteiger partial charge on any atom is 0.232 e. The number of fused-ring (bicyclic) bond motifs is 1. The van der Waals surface area contributed by atoms with Crippen molar-refractivity contribution < 1.29 is 4.74 Å². The number of nitrogens with zero attached hydrogens (tertiary/aromatic N) is 6. The van der Waals surface area contributed by atoms with E-state index < -0.39 is 0 Å². The summed E-state index contributed by atoms with van der Waals surface area (Å²) >= 11 is 1.73. The first-order valence-electron chi connectivity index (χ1n) is 10.6. The van der Waals surface area contributed by atoms with Crippen molar-refractivity contribution in [1.82, 2.24) is 24.3 Å². The van der Waals surface area contributed by atoms with Crippen molar-refractivity contribution in [2.45, 2.75) is 25.5 Å². The number of aromatic nitrogens is 5. The maximum atomic E-state index is 5.53. The summed E-state index contributed by atoms with van der Waals surface area (Å²) in [4.78, 5) is 6.94. The summed E-state index contributed by atoms with van der Waals surface area (Å²) in [5, 5.41) is 10.1. The van der Waals surface area contributed by atoms with Gasteiger partial charge in [0.25, 0.3) is 0 Å². The third kappa shape index (κ3) is 4.05. The highest BCUT2D eigenvalue weighted by atomic mass is 32.2. The number of imidazole rings is 1. The van der Waals surface area contributed by atoms with Crippen LogP contribution in [0.2, 0.25) is 0 Å². The monoisotopic (exact) mass is 434 g/mol. The zero-order valence-electron chi connectivity index (χ0n) is 17.9. The number of benzene rings is 2. The molecule has 1 aliphatic heterocycles. The van der Waals surface area contributed by atoms with Crippen LogP contribution in [0.1, 0.15) is 11.4 Å². The van der Waals surface area contributed by atoms with Crippen molar-refractivity contribution >= 4 is 28.7 Å². The average Bonchev–Trinajstić information content (AvgIpc) is 3.35. The third-order valence-corrected chi connectivity index (χ3v) is 6.47. The second-order valence-electron chi connectivity index (χ2n) is 7.70. The first kappa shape index (κ1) is 20.1. The Morgan fingerprint density at radius 3 is 2.68 bits per heavy atom. The predicted molar refractivity (Wildman–Crippen MR) is 124 cm³/mol. The van der Waals surface area contributed by atoms with Crippen LogP contribution in [0.3, 0.4) is 0 Å². The Balaban J connectivity index is 1.42. The molecule has 0 atom stereocenters. The van der Waals surface area contributed by atoms with Crippen molar-refractivity contribution in [3.05, 3.63) is 59.9 Å². The number of rotatable bonds is 6. The fraction of sp³-hybridized carbons (Fsp3) is 0.348. The molecule has 2 aromatic carbocycles. The lowest BCUT2D eigenvalue weighted by Crippen LogP contribution is -2.37. The zero-order chi connectivity index (χ0) is 21.2. The lowest BCUT2D eigenvalue weighted by molar-refractivity contribution is 0.122. The Hall–Kier alpha value is -2.84. The van der Waals surface area contributed by atoms with Gasteiger partial charge >= 0.3 is 0 Å². The van der Waals surface area contributed by atoms with E-state index in [9.17, 15) is 0 Å². The van der Waals surface area contributed by atoms with Gasteiger partial charge in [-0.1, -0.05) is 36.0 Å². The van der Waals surface area contributed by atoms with E-state index in [1.807, 2.05) is 6.07 Å². The Bertz CT molecular complexity index is 1190. The average molecular weight is 435 g/mol. The number of anilines is 1. The Labute approximate surface area is 186 Å². The fourth-order valence-electron chi connectivity index (χ4n) is 4.02. The van der Waals surface area contributed by atoms with Gasteiger partial charge in [-0.15, -0.1) is 10.2 Å². The summed E-state index contributed by atoms with van der Waals surface area (Å²) < 4.78 is 9.99. The molecular formula is C23H26N6OS. The maximum absolute atomic E-state index is 5.53. The largest absolute Gasteiger partial charge is 0.378 e. The molecule has 0 amide bonds. The summed E-state index contributed by atoms with van der Waals surface area (Å²) in [5.74, 6) is 2.81. The lowest BCUT2D eigenvalue weighted by atomic mass is 10.2. The van der Waals surface area contributed by atoms with Crippen molar-refractivity contribution in [2.75, 3.05) is 37.0 Å². The summed E-state index contributed by atoms with van der Waals surface area (Å²) in [6.45, 7) is 8.14. The number of morpholine rings is 1. The number of hydrogen-bond donors (Lipinski definition) is 0. The Morgan fingerprint density at radius 1 is 1.00 bits per heavy atom. The first-order valence-corrected chi connectivity index (χ1v) is 11.6. The molecule has 31 heavy (non-hydrogen) atoms. The van der Waals surface area contributed by atoms with Crippen LogP contribution in [0, 0.1) is 13.8 Å². The number of para-hydroxylation sites is 2. The molecule has 4 aromatic rings. The van der Waals surface area contributed by atoms with E-state index in [-0.39, 0.29) is 0 Å². The summed E-state index contributed by atoms with van der Waals surface area (Å²) in [6, 6.07) is 16.8. The summed E-state index contributed by atoms with van der Waals surface area (Å²) in [7, 11) is 0. The van der Waals surface area contributed by atoms with Gasteiger partial charge in [0.15, 0.2) is 5.16 Å². The van der Waals surface area contributed by atoms with Crippen LogP contribution in [0.25, 0.3) is 16.7 Å². The highest BCUT2D eigenvalue weighted by Crippen LogP contribution is 2.28. The molecule has 0 unspecified atom stereocenters. The van der Waals surface area contributed by atoms with Crippen molar-refractivity contribution in [3.63, 3.8) is 0 Å².